The molecule has 120 valence electrons. The van der Waals surface area contributed by atoms with Crippen molar-refractivity contribution in [2.24, 2.45) is 0 Å². The second-order valence-electron chi connectivity index (χ2n) is 5.66. The first-order chi connectivity index (χ1) is 12.4. The largest absolute Gasteiger partial charge is 0.453 e. The lowest BCUT2D eigenvalue weighted by molar-refractivity contribution is 0.477. The number of fused-ring (bicyclic) bond motifs is 2. The average molecular weight is 327 g/mol. The molecule has 0 saturated carbocycles. The predicted molar refractivity (Wildman–Crippen MR) is 94.5 cm³/mol. The van der Waals surface area contributed by atoms with Crippen molar-refractivity contribution in [3.8, 4) is 23.0 Å². The first kappa shape index (κ1) is 13.8. The highest BCUT2D eigenvalue weighted by Gasteiger charge is 2.25. The molecule has 4 aromatic rings. The van der Waals surface area contributed by atoms with Crippen LogP contribution in [0.1, 0.15) is 0 Å². The highest BCUT2D eigenvalue weighted by Crippen LogP contribution is 2.50. The Morgan fingerprint density at radius 2 is 1.36 bits per heavy atom. The van der Waals surface area contributed by atoms with Gasteiger partial charge >= 0.3 is 0 Å². The van der Waals surface area contributed by atoms with Gasteiger partial charge in [-0.3, -0.25) is 0 Å². The summed E-state index contributed by atoms with van der Waals surface area (Å²) in [6.45, 7) is 0. The quantitative estimate of drug-likeness (QED) is 0.439. The second-order valence-corrected chi connectivity index (χ2v) is 5.66. The summed E-state index contributed by atoms with van der Waals surface area (Å²) in [5.41, 5.74) is 3.93. The van der Waals surface area contributed by atoms with Gasteiger partial charge in [-0.25, -0.2) is 0 Å². The van der Waals surface area contributed by atoms with Crippen LogP contribution in [0.2, 0.25) is 0 Å². The molecule has 2 heterocycles. The molecule has 0 radical (unpaired) electrons. The Labute approximate surface area is 144 Å². The maximum Gasteiger partial charge on any atom is 0.247 e. The molecule has 0 unspecified atom stereocenters. The summed E-state index contributed by atoms with van der Waals surface area (Å²) in [4.78, 5) is 2.19. The Kier molecular flexibility index (Phi) is 3.03. The number of anilines is 3. The van der Waals surface area contributed by atoms with Gasteiger partial charge in [0, 0.05) is 11.3 Å². The van der Waals surface area contributed by atoms with E-state index >= 15 is 0 Å². The lowest BCUT2D eigenvalue weighted by atomic mass is 10.1. The zero-order valence-electron chi connectivity index (χ0n) is 13.2. The fourth-order valence-corrected chi connectivity index (χ4v) is 3.03. The van der Waals surface area contributed by atoms with Gasteiger partial charge in [-0.15, -0.1) is 10.2 Å². The Morgan fingerprint density at radius 1 is 0.720 bits per heavy atom. The van der Waals surface area contributed by atoms with Gasteiger partial charge in [0.25, 0.3) is 0 Å². The van der Waals surface area contributed by atoms with Crippen LogP contribution in [0, 0.1) is 0 Å². The molecule has 5 rings (SSSR count). The first-order valence-corrected chi connectivity index (χ1v) is 7.93. The number of hydrogen-bond acceptors (Lipinski definition) is 5. The Hall–Kier alpha value is -3.60. The molecule has 5 heteroatoms. The first-order valence-electron chi connectivity index (χ1n) is 7.93. The van der Waals surface area contributed by atoms with Crippen molar-refractivity contribution >= 4 is 17.1 Å². The van der Waals surface area contributed by atoms with Gasteiger partial charge in [0.1, 0.15) is 0 Å². The third kappa shape index (κ3) is 2.25. The molecule has 0 spiro atoms. The lowest BCUT2D eigenvalue weighted by Crippen LogP contribution is -2.15. The van der Waals surface area contributed by atoms with E-state index in [0.717, 1.165) is 34.1 Å². The molecule has 0 N–H and O–H groups in total. The average Bonchev–Trinajstić information content (AvgIpc) is 3.21. The van der Waals surface area contributed by atoms with Crippen LogP contribution in [0.5, 0.6) is 11.5 Å². The monoisotopic (exact) mass is 327 g/mol. The molecule has 1 aliphatic heterocycles. The molecule has 5 nitrogen and oxygen atoms in total. The summed E-state index contributed by atoms with van der Waals surface area (Å²) in [7, 11) is 0. The zero-order chi connectivity index (χ0) is 16.6. The predicted octanol–water partition coefficient (Wildman–Crippen LogP) is 5.31. The topological polar surface area (TPSA) is 51.4 Å². The number of para-hydroxylation sites is 4. The van der Waals surface area contributed by atoms with Crippen LogP contribution in [0.15, 0.2) is 83.6 Å². The minimum atomic E-state index is 0.509. The van der Waals surface area contributed by atoms with Gasteiger partial charge in [0.15, 0.2) is 11.5 Å². The van der Waals surface area contributed by atoms with E-state index in [1.54, 1.807) is 0 Å². The van der Waals surface area contributed by atoms with E-state index in [-0.39, 0.29) is 0 Å². The van der Waals surface area contributed by atoms with Crippen molar-refractivity contribution in [2.45, 2.75) is 0 Å². The summed E-state index contributed by atoms with van der Waals surface area (Å²) in [5, 5.41) is 7.68. The van der Waals surface area contributed by atoms with Crippen molar-refractivity contribution in [3.63, 3.8) is 0 Å². The summed E-state index contributed by atoms with van der Waals surface area (Å²) < 4.78 is 11.3. The summed E-state index contributed by atoms with van der Waals surface area (Å²) in [5.74, 6) is 2.18. The van der Waals surface area contributed by atoms with Gasteiger partial charge in [0.05, 0.1) is 11.4 Å². The Balaban J connectivity index is 1.64. The van der Waals surface area contributed by atoms with Crippen molar-refractivity contribution in [2.75, 3.05) is 4.90 Å². The normalized spacial score (nSPS) is 12.2. The van der Waals surface area contributed by atoms with Crippen LogP contribution >= 0.6 is 0 Å². The number of nitrogens with zero attached hydrogens (tertiary/aromatic N) is 3. The molecule has 0 fully saturated rings. The molecule has 1 aromatic heterocycles. The van der Waals surface area contributed by atoms with Gasteiger partial charge in [0.2, 0.25) is 12.3 Å². The molecular weight excluding hydrogens is 314 g/mol. The van der Waals surface area contributed by atoms with Gasteiger partial charge in [-0.2, -0.15) is 0 Å². The molecule has 0 atom stereocenters. The smallest absolute Gasteiger partial charge is 0.247 e. The summed E-state index contributed by atoms with van der Waals surface area (Å²) in [6, 6.07) is 24.1. The van der Waals surface area contributed by atoms with E-state index in [9.17, 15) is 0 Å². The number of benzene rings is 3. The molecule has 1 aliphatic rings. The van der Waals surface area contributed by atoms with Crippen LogP contribution in [0.4, 0.5) is 17.1 Å². The third-order valence-corrected chi connectivity index (χ3v) is 4.16. The van der Waals surface area contributed by atoms with Crippen LogP contribution in [0.25, 0.3) is 11.5 Å². The van der Waals surface area contributed by atoms with Gasteiger partial charge in [-0.05, 0) is 48.5 Å². The SMILES string of the molecule is c1ccc2c(c1)Oc1ccccc1N2c1ccc(-c2nnco2)cc1. The van der Waals surface area contributed by atoms with E-state index < -0.39 is 0 Å². The molecule has 3 aromatic carbocycles. The highest BCUT2D eigenvalue weighted by atomic mass is 16.5. The highest BCUT2D eigenvalue weighted by molar-refractivity contribution is 5.86. The van der Waals surface area contributed by atoms with E-state index in [4.69, 9.17) is 9.15 Å². The van der Waals surface area contributed by atoms with E-state index in [2.05, 4.69) is 27.2 Å². The van der Waals surface area contributed by atoms with Gasteiger partial charge < -0.3 is 14.1 Å². The Morgan fingerprint density at radius 3 is 1.96 bits per heavy atom. The van der Waals surface area contributed by atoms with E-state index in [0.29, 0.717) is 5.89 Å². The van der Waals surface area contributed by atoms with Crippen molar-refractivity contribution in [1.29, 1.82) is 0 Å². The van der Waals surface area contributed by atoms with E-state index in [1.165, 1.54) is 6.39 Å². The third-order valence-electron chi connectivity index (χ3n) is 4.16. The minimum Gasteiger partial charge on any atom is -0.453 e. The molecule has 0 amide bonds. The standard InChI is InChI=1S/C20H13N3O2/c1-3-7-18-16(5-1)23(17-6-2-4-8-19(17)25-18)15-11-9-14(10-12-15)20-22-21-13-24-20/h1-13H. The summed E-state index contributed by atoms with van der Waals surface area (Å²) in [6.07, 6.45) is 1.33. The fraction of sp³-hybridized carbons (Fsp3) is 0. The fourth-order valence-electron chi connectivity index (χ4n) is 3.03. The minimum absolute atomic E-state index is 0.509. The molecule has 0 saturated heterocycles. The van der Waals surface area contributed by atoms with Crippen LogP contribution < -0.4 is 9.64 Å². The maximum absolute atomic E-state index is 6.04. The Bertz CT molecular complexity index is 982. The number of aromatic nitrogens is 2. The second kappa shape index (κ2) is 5.49. The number of ether oxygens (including phenoxy) is 1. The number of rotatable bonds is 2. The van der Waals surface area contributed by atoms with Crippen molar-refractivity contribution in [1.82, 2.24) is 10.2 Å². The van der Waals surface area contributed by atoms with Gasteiger partial charge in [-0.1, -0.05) is 24.3 Å². The van der Waals surface area contributed by atoms with Crippen molar-refractivity contribution in [3.05, 3.63) is 79.2 Å². The molecule has 0 aliphatic carbocycles. The number of hydrogen-bond donors (Lipinski definition) is 0. The molecular formula is C20H13N3O2. The molecule has 25 heavy (non-hydrogen) atoms. The molecule has 0 bridgehead atoms. The lowest BCUT2D eigenvalue weighted by Gasteiger charge is -2.32. The van der Waals surface area contributed by atoms with Crippen LogP contribution in [-0.2, 0) is 0 Å². The van der Waals surface area contributed by atoms with Crippen LogP contribution in [0.3, 0.4) is 0 Å². The maximum atomic E-state index is 6.04. The van der Waals surface area contributed by atoms with Crippen molar-refractivity contribution < 1.29 is 9.15 Å². The summed E-state index contributed by atoms with van der Waals surface area (Å²) >= 11 is 0. The zero-order valence-corrected chi connectivity index (χ0v) is 13.2. The van der Waals surface area contributed by atoms with Crippen LogP contribution in [-0.4, -0.2) is 10.2 Å². The van der Waals surface area contributed by atoms with E-state index in [1.807, 2.05) is 60.7 Å².